The standard InChI is InChI=1S/C16H22N4O/c1-16(2,15(21)18-3)9-20-13-7-6-11(17)8-12(13)19-14(20)10-4-5-10/h6-8,10H,4-5,9,17H2,1-3H3,(H,18,21). The molecular formula is C16H22N4O. The molecule has 5 heteroatoms. The smallest absolute Gasteiger partial charge is 0.227 e. The number of imidazole rings is 1. The average molecular weight is 286 g/mol. The Morgan fingerprint density at radius 1 is 1.48 bits per heavy atom. The molecule has 1 aliphatic carbocycles. The molecule has 112 valence electrons. The quantitative estimate of drug-likeness (QED) is 0.847. The monoisotopic (exact) mass is 286 g/mol. The van der Waals surface area contributed by atoms with Gasteiger partial charge in [0.2, 0.25) is 5.91 Å². The molecule has 1 aromatic heterocycles. The third kappa shape index (κ3) is 2.48. The minimum atomic E-state index is -0.479. The Morgan fingerprint density at radius 2 is 2.19 bits per heavy atom. The maximum atomic E-state index is 12.1. The van der Waals surface area contributed by atoms with E-state index >= 15 is 0 Å². The van der Waals surface area contributed by atoms with E-state index in [9.17, 15) is 4.79 Å². The van der Waals surface area contributed by atoms with E-state index in [0.29, 0.717) is 12.5 Å². The van der Waals surface area contributed by atoms with Crippen LogP contribution in [0.15, 0.2) is 18.2 Å². The fourth-order valence-electron chi connectivity index (χ4n) is 2.79. The number of amides is 1. The molecule has 1 heterocycles. The highest BCUT2D eigenvalue weighted by Gasteiger charge is 2.33. The Hall–Kier alpha value is -2.04. The number of nitrogens with two attached hydrogens (primary N) is 1. The molecule has 1 saturated carbocycles. The topological polar surface area (TPSA) is 72.9 Å². The van der Waals surface area contributed by atoms with Crippen LogP contribution in [0, 0.1) is 5.41 Å². The fraction of sp³-hybridized carbons (Fsp3) is 0.500. The summed E-state index contributed by atoms with van der Waals surface area (Å²) < 4.78 is 2.20. The molecule has 1 amide bonds. The molecule has 1 aromatic carbocycles. The normalized spacial score (nSPS) is 15.4. The Balaban J connectivity index is 2.07. The van der Waals surface area contributed by atoms with Gasteiger partial charge >= 0.3 is 0 Å². The number of aromatic nitrogens is 2. The number of nitrogen functional groups attached to an aromatic ring is 1. The molecule has 21 heavy (non-hydrogen) atoms. The Bertz CT molecular complexity index is 698. The molecule has 0 atom stereocenters. The SMILES string of the molecule is CNC(=O)C(C)(C)Cn1c(C2CC2)nc2cc(N)ccc21. The van der Waals surface area contributed by atoms with Crippen LogP contribution in [0.3, 0.4) is 0 Å². The average Bonchev–Trinajstić information content (AvgIpc) is 3.22. The van der Waals surface area contributed by atoms with Crippen molar-refractivity contribution in [3.8, 4) is 0 Å². The molecule has 0 aliphatic heterocycles. The highest BCUT2D eigenvalue weighted by Crippen LogP contribution is 2.41. The van der Waals surface area contributed by atoms with Gasteiger partial charge in [0.1, 0.15) is 5.82 Å². The van der Waals surface area contributed by atoms with E-state index in [0.717, 1.165) is 22.5 Å². The molecule has 0 saturated heterocycles. The molecule has 0 unspecified atom stereocenters. The number of nitrogens with one attached hydrogen (secondary N) is 1. The van der Waals surface area contributed by atoms with Crippen molar-refractivity contribution >= 4 is 22.6 Å². The number of carbonyl (C=O) groups is 1. The molecular weight excluding hydrogens is 264 g/mol. The zero-order chi connectivity index (χ0) is 15.2. The first kappa shape index (κ1) is 13.9. The van der Waals surface area contributed by atoms with Crippen LogP contribution in [0.1, 0.15) is 38.4 Å². The summed E-state index contributed by atoms with van der Waals surface area (Å²) >= 11 is 0. The summed E-state index contributed by atoms with van der Waals surface area (Å²) in [5.41, 5.74) is 8.08. The number of anilines is 1. The lowest BCUT2D eigenvalue weighted by molar-refractivity contribution is -0.129. The van der Waals surface area contributed by atoms with Crippen LogP contribution in [0.2, 0.25) is 0 Å². The van der Waals surface area contributed by atoms with Crippen LogP contribution in [0.25, 0.3) is 11.0 Å². The van der Waals surface area contributed by atoms with E-state index in [1.54, 1.807) is 7.05 Å². The summed E-state index contributed by atoms with van der Waals surface area (Å²) in [5.74, 6) is 1.66. The second-order valence-corrected chi connectivity index (χ2v) is 6.54. The van der Waals surface area contributed by atoms with Gasteiger partial charge in [0.15, 0.2) is 0 Å². The number of fused-ring (bicyclic) bond motifs is 1. The summed E-state index contributed by atoms with van der Waals surface area (Å²) in [6.07, 6.45) is 2.36. The summed E-state index contributed by atoms with van der Waals surface area (Å²) in [7, 11) is 1.68. The van der Waals surface area contributed by atoms with Crippen molar-refractivity contribution < 1.29 is 4.79 Å². The first-order chi connectivity index (χ1) is 9.92. The number of nitrogens with zero attached hydrogens (tertiary/aromatic N) is 2. The Kier molecular flexibility index (Phi) is 3.15. The Labute approximate surface area is 124 Å². The Morgan fingerprint density at radius 3 is 2.81 bits per heavy atom. The molecule has 3 rings (SSSR count). The number of carbonyl (C=O) groups excluding carboxylic acids is 1. The number of hydrogen-bond acceptors (Lipinski definition) is 3. The van der Waals surface area contributed by atoms with Gasteiger partial charge in [-0.2, -0.15) is 0 Å². The number of benzene rings is 1. The summed E-state index contributed by atoms with van der Waals surface area (Å²) in [6, 6.07) is 5.80. The van der Waals surface area contributed by atoms with E-state index in [1.165, 1.54) is 12.8 Å². The highest BCUT2D eigenvalue weighted by atomic mass is 16.2. The van der Waals surface area contributed by atoms with Gasteiger partial charge in [-0.15, -0.1) is 0 Å². The fourth-order valence-corrected chi connectivity index (χ4v) is 2.79. The van der Waals surface area contributed by atoms with Gasteiger partial charge in [0.25, 0.3) is 0 Å². The molecule has 1 fully saturated rings. The van der Waals surface area contributed by atoms with Crippen molar-refractivity contribution in [1.29, 1.82) is 0 Å². The molecule has 3 N–H and O–H groups in total. The molecule has 0 radical (unpaired) electrons. The molecule has 2 aromatic rings. The third-order valence-electron chi connectivity index (χ3n) is 4.14. The van der Waals surface area contributed by atoms with Gasteiger partial charge < -0.3 is 15.6 Å². The lowest BCUT2D eigenvalue weighted by atomic mass is 9.92. The molecule has 0 spiro atoms. The van der Waals surface area contributed by atoms with Crippen molar-refractivity contribution in [2.45, 2.75) is 39.2 Å². The van der Waals surface area contributed by atoms with Crippen LogP contribution in [0.5, 0.6) is 0 Å². The summed E-state index contributed by atoms with van der Waals surface area (Å²) in [5, 5.41) is 2.75. The van der Waals surface area contributed by atoms with Crippen molar-refractivity contribution in [3.63, 3.8) is 0 Å². The van der Waals surface area contributed by atoms with Gasteiger partial charge in [-0.05, 0) is 44.9 Å². The van der Waals surface area contributed by atoms with Crippen LogP contribution < -0.4 is 11.1 Å². The number of hydrogen-bond donors (Lipinski definition) is 2. The van der Waals surface area contributed by atoms with E-state index < -0.39 is 5.41 Å². The van der Waals surface area contributed by atoms with Crippen molar-refractivity contribution in [2.75, 3.05) is 12.8 Å². The zero-order valence-corrected chi connectivity index (χ0v) is 12.8. The van der Waals surface area contributed by atoms with Crippen LogP contribution in [0.4, 0.5) is 5.69 Å². The molecule has 0 bridgehead atoms. The van der Waals surface area contributed by atoms with E-state index in [4.69, 9.17) is 10.7 Å². The summed E-state index contributed by atoms with van der Waals surface area (Å²) in [4.78, 5) is 16.8. The first-order valence-electron chi connectivity index (χ1n) is 7.40. The minimum absolute atomic E-state index is 0.0431. The molecule has 5 nitrogen and oxygen atoms in total. The third-order valence-corrected chi connectivity index (χ3v) is 4.14. The van der Waals surface area contributed by atoms with Gasteiger partial charge in [-0.3, -0.25) is 4.79 Å². The molecule has 1 aliphatic rings. The van der Waals surface area contributed by atoms with Crippen LogP contribution in [-0.4, -0.2) is 22.5 Å². The predicted octanol–water partition coefficient (Wildman–Crippen LogP) is 2.27. The zero-order valence-electron chi connectivity index (χ0n) is 12.8. The van der Waals surface area contributed by atoms with Crippen molar-refractivity contribution in [1.82, 2.24) is 14.9 Å². The predicted molar refractivity (Wildman–Crippen MR) is 84.0 cm³/mol. The minimum Gasteiger partial charge on any atom is -0.399 e. The van der Waals surface area contributed by atoms with E-state index in [-0.39, 0.29) is 5.91 Å². The van der Waals surface area contributed by atoms with E-state index in [1.807, 2.05) is 32.0 Å². The van der Waals surface area contributed by atoms with E-state index in [2.05, 4.69) is 9.88 Å². The summed E-state index contributed by atoms with van der Waals surface area (Å²) in [6.45, 7) is 4.55. The maximum absolute atomic E-state index is 12.1. The highest BCUT2D eigenvalue weighted by molar-refractivity contribution is 5.83. The van der Waals surface area contributed by atoms with Crippen molar-refractivity contribution in [3.05, 3.63) is 24.0 Å². The lowest BCUT2D eigenvalue weighted by Crippen LogP contribution is -2.38. The van der Waals surface area contributed by atoms with Crippen molar-refractivity contribution in [2.24, 2.45) is 5.41 Å². The van der Waals surface area contributed by atoms with Gasteiger partial charge in [-0.25, -0.2) is 4.98 Å². The van der Waals surface area contributed by atoms with Crippen LogP contribution >= 0.6 is 0 Å². The van der Waals surface area contributed by atoms with Crippen LogP contribution in [-0.2, 0) is 11.3 Å². The first-order valence-corrected chi connectivity index (χ1v) is 7.40. The second-order valence-electron chi connectivity index (χ2n) is 6.54. The van der Waals surface area contributed by atoms with Gasteiger partial charge in [-0.1, -0.05) is 0 Å². The lowest BCUT2D eigenvalue weighted by Gasteiger charge is -2.24. The second kappa shape index (κ2) is 4.76. The number of rotatable bonds is 4. The van der Waals surface area contributed by atoms with Gasteiger partial charge in [0, 0.05) is 25.2 Å². The van der Waals surface area contributed by atoms with Gasteiger partial charge in [0.05, 0.1) is 16.4 Å². The largest absolute Gasteiger partial charge is 0.399 e. The maximum Gasteiger partial charge on any atom is 0.227 e.